The number of rotatable bonds is 4. The number of amides is 1. The zero-order chi connectivity index (χ0) is 22.9. The number of likely N-dealkylation sites (tertiary alicyclic amines) is 1. The van der Waals surface area contributed by atoms with Gasteiger partial charge in [-0.25, -0.2) is 9.37 Å². The van der Waals surface area contributed by atoms with Gasteiger partial charge < -0.3 is 14.4 Å². The van der Waals surface area contributed by atoms with E-state index in [-0.39, 0.29) is 29.6 Å². The third kappa shape index (κ3) is 4.13. The largest absolute Gasteiger partial charge is 0.356 e. The lowest BCUT2D eigenvalue weighted by atomic mass is 9.91. The molecule has 1 aliphatic heterocycles. The first-order valence-electron chi connectivity index (χ1n) is 10.8. The molecule has 1 N–H and O–H groups in total. The number of aromatic amines is 1. The molecule has 0 unspecified atom stereocenters. The maximum atomic E-state index is 13.4. The van der Waals surface area contributed by atoms with Crippen LogP contribution in [0.5, 0.6) is 0 Å². The average molecular weight is 447 g/mol. The fourth-order valence-corrected chi connectivity index (χ4v) is 4.36. The van der Waals surface area contributed by atoms with E-state index in [9.17, 15) is 14.0 Å². The van der Waals surface area contributed by atoms with Crippen molar-refractivity contribution in [1.82, 2.24) is 25.0 Å². The molecule has 168 valence electrons. The van der Waals surface area contributed by atoms with Crippen LogP contribution in [-0.4, -0.2) is 44.0 Å². The highest BCUT2D eigenvalue weighted by Crippen LogP contribution is 2.33. The molecule has 9 heteroatoms. The lowest BCUT2D eigenvalue weighted by Gasteiger charge is -2.31. The van der Waals surface area contributed by atoms with E-state index in [4.69, 9.17) is 4.52 Å². The summed E-state index contributed by atoms with van der Waals surface area (Å²) in [6.45, 7) is 2.85. The van der Waals surface area contributed by atoms with Gasteiger partial charge in [0, 0.05) is 59.7 Å². The van der Waals surface area contributed by atoms with Crippen molar-refractivity contribution in [2.24, 2.45) is 0 Å². The molecule has 3 aromatic heterocycles. The maximum absolute atomic E-state index is 13.4. The predicted molar refractivity (Wildman–Crippen MR) is 119 cm³/mol. The van der Waals surface area contributed by atoms with E-state index in [0.29, 0.717) is 35.8 Å². The van der Waals surface area contributed by atoms with Crippen molar-refractivity contribution in [3.8, 4) is 11.4 Å². The number of H-pyrrole nitrogens is 1. The van der Waals surface area contributed by atoms with Crippen LogP contribution in [0, 0.1) is 12.7 Å². The molecule has 1 saturated heterocycles. The van der Waals surface area contributed by atoms with Crippen molar-refractivity contribution in [2.45, 2.75) is 32.1 Å². The zero-order valence-electron chi connectivity index (χ0n) is 18.0. The van der Waals surface area contributed by atoms with Gasteiger partial charge in [0.15, 0.2) is 5.58 Å². The van der Waals surface area contributed by atoms with Crippen LogP contribution in [0.3, 0.4) is 0 Å². The van der Waals surface area contributed by atoms with Crippen LogP contribution < -0.4 is 5.56 Å². The molecule has 0 saturated carbocycles. The lowest BCUT2D eigenvalue weighted by molar-refractivity contribution is -0.131. The molecular formula is C24H22FN5O3. The zero-order valence-corrected chi connectivity index (χ0v) is 18.0. The number of nitrogens with one attached hydrogen (secondary N) is 1. The number of aromatic nitrogens is 4. The Hall–Kier alpha value is -3.88. The van der Waals surface area contributed by atoms with Crippen molar-refractivity contribution in [1.29, 1.82) is 0 Å². The van der Waals surface area contributed by atoms with Crippen LogP contribution in [0.4, 0.5) is 4.39 Å². The summed E-state index contributed by atoms with van der Waals surface area (Å²) in [5.74, 6) is 0.121. The van der Waals surface area contributed by atoms with E-state index in [1.807, 2.05) is 0 Å². The van der Waals surface area contributed by atoms with Crippen molar-refractivity contribution < 1.29 is 13.7 Å². The summed E-state index contributed by atoms with van der Waals surface area (Å²) < 4.78 is 18.7. The molecule has 4 aromatic rings. The second-order valence-electron chi connectivity index (χ2n) is 8.25. The van der Waals surface area contributed by atoms with Crippen LogP contribution in [0.2, 0.25) is 0 Å². The summed E-state index contributed by atoms with van der Waals surface area (Å²) in [5, 5.41) is 4.96. The summed E-state index contributed by atoms with van der Waals surface area (Å²) >= 11 is 0. The van der Waals surface area contributed by atoms with Gasteiger partial charge in [-0.2, -0.15) is 0 Å². The van der Waals surface area contributed by atoms with Gasteiger partial charge in [0.05, 0.1) is 12.1 Å². The summed E-state index contributed by atoms with van der Waals surface area (Å²) in [6, 6.07) is 7.95. The van der Waals surface area contributed by atoms with Gasteiger partial charge in [-0.15, -0.1) is 0 Å². The SMILES string of the molecule is Cc1nc(-c2ccncc2)[nH]c(=O)c1CC(=O)N1CCC(c2noc3cc(F)ccc23)CC1. The number of fused-ring (bicyclic) bond motifs is 1. The third-order valence-electron chi connectivity index (χ3n) is 6.20. The Labute approximate surface area is 188 Å². The van der Waals surface area contributed by atoms with E-state index >= 15 is 0 Å². The van der Waals surface area contributed by atoms with Gasteiger partial charge in [-0.3, -0.25) is 14.6 Å². The Kier molecular flexibility index (Phi) is 5.45. The molecule has 1 aromatic carbocycles. The monoisotopic (exact) mass is 447 g/mol. The number of hydrogen-bond donors (Lipinski definition) is 1. The summed E-state index contributed by atoms with van der Waals surface area (Å²) in [5.41, 5.74) is 2.60. The fraction of sp³-hybridized carbons (Fsp3) is 0.292. The molecule has 0 spiro atoms. The molecule has 1 amide bonds. The standard InChI is InChI=1S/C24H22FN5O3/c1-14-19(24(32)28-23(27-14)16-4-8-26-9-5-16)13-21(31)30-10-6-15(7-11-30)22-18-3-2-17(25)12-20(18)33-29-22/h2-5,8-9,12,15H,6-7,10-11,13H2,1H3,(H,27,28,32). The van der Waals surface area contributed by atoms with E-state index < -0.39 is 0 Å². The number of piperidine rings is 1. The van der Waals surface area contributed by atoms with Gasteiger partial charge in [0.25, 0.3) is 5.56 Å². The van der Waals surface area contributed by atoms with Crippen LogP contribution in [0.15, 0.2) is 52.0 Å². The minimum atomic E-state index is -0.362. The van der Waals surface area contributed by atoms with Gasteiger partial charge >= 0.3 is 0 Å². The number of benzene rings is 1. The predicted octanol–water partition coefficient (Wildman–Crippen LogP) is 3.37. The van der Waals surface area contributed by atoms with Gasteiger partial charge in [-0.1, -0.05) is 5.16 Å². The number of nitrogens with zero attached hydrogens (tertiary/aromatic N) is 4. The molecule has 4 heterocycles. The minimum Gasteiger partial charge on any atom is -0.356 e. The Morgan fingerprint density at radius 1 is 1.21 bits per heavy atom. The molecule has 0 aliphatic carbocycles. The second kappa shape index (κ2) is 8.57. The molecule has 1 aliphatic rings. The number of aryl methyl sites for hydroxylation is 1. The average Bonchev–Trinajstić information content (AvgIpc) is 3.25. The number of hydrogen-bond acceptors (Lipinski definition) is 6. The first kappa shape index (κ1) is 21.0. The minimum absolute atomic E-state index is 0.00161. The first-order valence-corrected chi connectivity index (χ1v) is 10.8. The smallest absolute Gasteiger partial charge is 0.255 e. The van der Waals surface area contributed by atoms with Crippen LogP contribution in [0.25, 0.3) is 22.4 Å². The van der Waals surface area contributed by atoms with E-state index in [1.165, 1.54) is 12.1 Å². The highest BCUT2D eigenvalue weighted by molar-refractivity contribution is 5.81. The van der Waals surface area contributed by atoms with Gasteiger partial charge in [-0.05, 0) is 44.0 Å². The van der Waals surface area contributed by atoms with Crippen LogP contribution in [-0.2, 0) is 11.2 Å². The Bertz CT molecular complexity index is 1370. The molecular weight excluding hydrogens is 425 g/mol. The van der Waals surface area contributed by atoms with E-state index in [0.717, 1.165) is 29.5 Å². The number of carbonyl (C=O) groups excluding carboxylic acids is 1. The van der Waals surface area contributed by atoms with Crippen molar-refractivity contribution in [3.63, 3.8) is 0 Å². The summed E-state index contributed by atoms with van der Waals surface area (Å²) in [6.07, 6.45) is 4.71. The lowest BCUT2D eigenvalue weighted by Crippen LogP contribution is -2.39. The Morgan fingerprint density at radius 3 is 2.70 bits per heavy atom. The van der Waals surface area contributed by atoms with E-state index in [2.05, 4.69) is 20.1 Å². The number of carbonyl (C=O) groups is 1. The molecule has 5 rings (SSSR count). The normalized spacial score (nSPS) is 14.7. The molecule has 0 radical (unpaired) electrons. The van der Waals surface area contributed by atoms with Crippen LogP contribution >= 0.6 is 0 Å². The summed E-state index contributed by atoms with van der Waals surface area (Å²) in [4.78, 5) is 38.6. The highest BCUT2D eigenvalue weighted by Gasteiger charge is 2.28. The molecule has 33 heavy (non-hydrogen) atoms. The molecule has 0 atom stereocenters. The second-order valence-corrected chi connectivity index (χ2v) is 8.25. The van der Waals surface area contributed by atoms with Crippen molar-refractivity contribution in [2.75, 3.05) is 13.1 Å². The highest BCUT2D eigenvalue weighted by atomic mass is 19.1. The van der Waals surface area contributed by atoms with Crippen LogP contribution in [0.1, 0.15) is 35.7 Å². The summed E-state index contributed by atoms with van der Waals surface area (Å²) in [7, 11) is 0. The quantitative estimate of drug-likeness (QED) is 0.514. The molecule has 1 fully saturated rings. The number of pyridine rings is 1. The fourth-order valence-electron chi connectivity index (χ4n) is 4.36. The maximum Gasteiger partial charge on any atom is 0.255 e. The molecule has 0 bridgehead atoms. The molecule has 8 nitrogen and oxygen atoms in total. The Balaban J connectivity index is 1.26. The first-order chi connectivity index (χ1) is 16.0. The van der Waals surface area contributed by atoms with Gasteiger partial charge in [0.2, 0.25) is 5.91 Å². The van der Waals surface area contributed by atoms with E-state index in [1.54, 1.807) is 42.4 Å². The number of halogens is 1. The Morgan fingerprint density at radius 2 is 1.97 bits per heavy atom. The van der Waals surface area contributed by atoms with Crippen molar-refractivity contribution in [3.05, 3.63) is 75.8 Å². The topological polar surface area (TPSA) is 105 Å². The van der Waals surface area contributed by atoms with Gasteiger partial charge in [0.1, 0.15) is 11.6 Å². The van der Waals surface area contributed by atoms with Crippen molar-refractivity contribution >= 4 is 16.9 Å². The third-order valence-corrected chi connectivity index (χ3v) is 6.20.